The van der Waals surface area contributed by atoms with Crippen molar-refractivity contribution < 1.29 is 24.8 Å². The average molecular weight is 228 g/mol. The van der Waals surface area contributed by atoms with E-state index >= 15 is 0 Å². The lowest BCUT2D eigenvalue weighted by atomic mass is 10.1. The van der Waals surface area contributed by atoms with Crippen LogP contribution in [0, 0.1) is 0 Å². The normalized spacial score (nSPS) is 12.2. The minimum absolute atomic E-state index is 0.107. The minimum Gasteiger partial charge on any atom is -0.502 e. The highest BCUT2D eigenvalue weighted by Crippen LogP contribution is 2.39. The Balaban J connectivity index is 3.11. The van der Waals surface area contributed by atoms with E-state index in [4.69, 9.17) is 14.6 Å². The van der Waals surface area contributed by atoms with Crippen molar-refractivity contribution in [3.63, 3.8) is 0 Å². The summed E-state index contributed by atoms with van der Waals surface area (Å²) in [6.45, 7) is -0.118. The second-order valence-corrected chi connectivity index (χ2v) is 3.30. The maximum absolute atomic E-state index is 9.70. The molecule has 3 N–H and O–H groups in total. The molecule has 1 aromatic carbocycles. The Morgan fingerprint density at radius 2 is 1.69 bits per heavy atom. The zero-order chi connectivity index (χ0) is 12.1. The first-order valence-corrected chi connectivity index (χ1v) is 4.87. The Morgan fingerprint density at radius 1 is 1.19 bits per heavy atom. The third kappa shape index (κ3) is 2.56. The maximum Gasteiger partial charge on any atom is 0.200 e. The molecule has 1 rings (SSSR count). The third-order valence-electron chi connectivity index (χ3n) is 2.29. The number of hydrogen-bond acceptors (Lipinski definition) is 5. The van der Waals surface area contributed by atoms with Gasteiger partial charge in [0.05, 0.1) is 20.3 Å². The van der Waals surface area contributed by atoms with Gasteiger partial charge in [0, 0.05) is 13.0 Å². The van der Waals surface area contributed by atoms with Gasteiger partial charge < -0.3 is 24.8 Å². The number of methoxy groups -OCH3 is 2. The van der Waals surface area contributed by atoms with E-state index in [0.29, 0.717) is 5.56 Å². The molecule has 5 nitrogen and oxygen atoms in total. The van der Waals surface area contributed by atoms with Gasteiger partial charge in [0.1, 0.15) is 0 Å². The summed E-state index contributed by atoms with van der Waals surface area (Å²) in [6.07, 6.45) is -0.592. The van der Waals surface area contributed by atoms with Crippen LogP contribution in [-0.2, 0) is 0 Å². The van der Waals surface area contributed by atoms with Crippen LogP contribution in [0.5, 0.6) is 17.2 Å². The first kappa shape index (κ1) is 12.6. The van der Waals surface area contributed by atoms with Crippen molar-refractivity contribution in [1.29, 1.82) is 0 Å². The summed E-state index contributed by atoms with van der Waals surface area (Å²) < 4.78 is 9.91. The zero-order valence-corrected chi connectivity index (χ0v) is 9.30. The van der Waals surface area contributed by atoms with Gasteiger partial charge in [-0.2, -0.15) is 0 Å². The minimum atomic E-state index is -0.812. The van der Waals surface area contributed by atoms with E-state index in [9.17, 15) is 10.2 Å². The molecule has 0 saturated carbocycles. The Kier molecular flexibility index (Phi) is 4.39. The van der Waals surface area contributed by atoms with Gasteiger partial charge in [0.2, 0.25) is 5.75 Å². The van der Waals surface area contributed by atoms with Gasteiger partial charge in [-0.15, -0.1) is 0 Å². The van der Waals surface area contributed by atoms with Crippen molar-refractivity contribution in [2.45, 2.75) is 12.5 Å². The molecule has 90 valence electrons. The number of hydrogen-bond donors (Lipinski definition) is 3. The summed E-state index contributed by atoms with van der Waals surface area (Å²) in [5.74, 6) is 0.350. The Labute approximate surface area is 93.9 Å². The third-order valence-corrected chi connectivity index (χ3v) is 2.29. The number of phenolic OH excluding ortho intramolecular Hbond substituents is 1. The number of benzene rings is 1. The molecular weight excluding hydrogens is 212 g/mol. The average Bonchev–Trinajstić information content (AvgIpc) is 2.29. The van der Waals surface area contributed by atoms with Crippen LogP contribution in [0.15, 0.2) is 12.1 Å². The summed E-state index contributed by atoms with van der Waals surface area (Å²) in [6, 6.07) is 3.02. The maximum atomic E-state index is 9.70. The zero-order valence-electron chi connectivity index (χ0n) is 9.30. The highest BCUT2D eigenvalue weighted by atomic mass is 16.5. The van der Waals surface area contributed by atoms with E-state index in [-0.39, 0.29) is 30.3 Å². The van der Waals surface area contributed by atoms with Crippen LogP contribution in [-0.4, -0.2) is 36.1 Å². The Hall–Kier alpha value is -1.46. The molecule has 0 aliphatic rings. The topological polar surface area (TPSA) is 79.2 Å². The number of ether oxygens (including phenoxy) is 2. The van der Waals surface area contributed by atoms with E-state index in [2.05, 4.69) is 0 Å². The Morgan fingerprint density at radius 3 is 2.06 bits per heavy atom. The molecule has 0 aliphatic carbocycles. The first-order valence-electron chi connectivity index (χ1n) is 4.87. The van der Waals surface area contributed by atoms with Gasteiger partial charge in [0.15, 0.2) is 11.5 Å². The van der Waals surface area contributed by atoms with Gasteiger partial charge in [-0.05, 0) is 17.7 Å². The molecule has 0 saturated heterocycles. The fourth-order valence-electron chi connectivity index (χ4n) is 1.40. The monoisotopic (exact) mass is 228 g/mol. The summed E-state index contributed by atoms with van der Waals surface area (Å²) in [4.78, 5) is 0. The van der Waals surface area contributed by atoms with Crippen LogP contribution in [0.1, 0.15) is 18.1 Å². The van der Waals surface area contributed by atoms with Crippen LogP contribution in [0.4, 0.5) is 0 Å². The predicted octanol–water partition coefficient (Wildman–Crippen LogP) is 0.825. The van der Waals surface area contributed by atoms with Gasteiger partial charge in [0.25, 0.3) is 0 Å². The van der Waals surface area contributed by atoms with E-state index in [1.807, 2.05) is 0 Å². The summed E-state index contributed by atoms with van der Waals surface area (Å²) in [7, 11) is 2.83. The number of aliphatic hydroxyl groups is 2. The van der Waals surface area contributed by atoms with Crippen molar-refractivity contribution in [3.8, 4) is 17.2 Å². The van der Waals surface area contributed by atoms with Crippen LogP contribution >= 0.6 is 0 Å². The van der Waals surface area contributed by atoms with Gasteiger partial charge in [-0.1, -0.05) is 0 Å². The van der Waals surface area contributed by atoms with Crippen molar-refractivity contribution in [2.75, 3.05) is 20.8 Å². The predicted molar refractivity (Wildman–Crippen MR) is 57.9 cm³/mol. The van der Waals surface area contributed by atoms with Crippen molar-refractivity contribution in [2.24, 2.45) is 0 Å². The largest absolute Gasteiger partial charge is 0.502 e. The lowest BCUT2D eigenvalue weighted by Gasteiger charge is -2.14. The quantitative estimate of drug-likeness (QED) is 0.695. The highest BCUT2D eigenvalue weighted by Gasteiger charge is 2.15. The van der Waals surface area contributed by atoms with Gasteiger partial charge in [-0.3, -0.25) is 0 Å². The van der Waals surface area contributed by atoms with Crippen LogP contribution < -0.4 is 9.47 Å². The molecule has 16 heavy (non-hydrogen) atoms. The second kappa shape index (κ2) is 5.58. The molecule has 0 spiro atoms. The smallest absolute Gasteiger partial charge is 0.200 e. The molecule has 0 bridgehead atoms. The number of aromatic hydroxyl groups is 1. The standard InChI is InChI=1S/C11H16O5/c1-15-9-5-7(8(13)3-4-12)6-10(16-2)11(9)14/h5-6,8,12-14H,3-4H2,1-2H3. The lowest BCUT2D eigenvalue weighted by molar-refractivity contribution is 0.133. The van der Waals surface area contributed by atoms with Crippen LogP contribution in [0.2, 0.25) is 0 Å². The molecule has 0 aliphatic heterocycles. The molecule has 1 unspecified atom stereocenters. The van der Waals surface area contributed by atoms with Crippen molar-refractivity contribution in [3.05, 3.63) is 17.7 Å². The van der Waals surface area contributed by atoms with Crippen LogP contribution in [0.25, 0.3) is 0 Å². The van der Waals surface area contributed by atoms with E-state index in [1.54, 1.807) is 0 Å². The van der Waals surface area contributed by atoms with Crippen LogP contribution in [0.3, 0.4) is 0 Å². The lowest BCUT2D eigenvalue weighted by Crippen LogP contribution is -2.01. The van der Waals surface area contributed by atoms with Gasteiger partial charge in [-0.25, -0.2) is 0 Å². The molecule has 0 aromatic heterocycles. The summed E-state index contributed by atoms with van der Waals surface area (Å²) in [5, 5.41) is 28.1. The first-order chi connectivity index (χ1) is 7.63. The summed E-state index contributed by atoms with van der Waals surface area (Å²) in [5.41, 5.74) is 0.528. The molecule has 5 heteroatoms. The summed E-state index contributed by atoms with van der Waals surface area (Å²) >= 11 is 0. The highest BCUT2D eigenvalue weighted by molar-refractivity contribution is 5.53. The molecule has 1 aromatic rings. The van der Waals surface area contributed by atoms with Crippen molar-refractivity contribution in [1.82, 2.24) is 0 Å². The fourth-order valence-corrected chi connectivity index (χ4v) is 1.40. The molecule has 0 fully saturated rings. The molecule has 0 heterocycles. The van der Waals surface area contributed by atoms with Gasteiger partial charge >= 0.3 is 0 Å². The molecular formula is C11H16O5. The number of rotatable bonds is 5. The fraction of sp³-hybridized carbons (Fsp3) is 0.455. The number of aliphatic hydroxyl groups excluding tert-OH is 2. The van der Waals surface area contributed by atoms with E-state index in [0.717, 1.165) is 0 Å². The van der Waals surface area contributed by atoms with E-state index < -0.39 is 6.10 Å². The molecule has 1 atom stereocenters. The van der Waals surface area contributed by atoms with E-state index in [1.165, 1.54) is 26.4 Å². The Bertz CT molecular complexity index is 325. The van der Waals surface area contributed by atoms with Crippen molar-refractivity contribution >= 4 is 0 Å². The molecule has 0 amide bonds. The number of phenols is 1. The second-order valence-electron chi connectivity index (χ2n) is 3.30. The molecule has 0 radical (unpaired) electrons. The SMILES string of the molecule is COc1cc(C(O)CCO)cc(OC)c1O.